The van der Waals surface area contributed by atoms with Crippen molar-refractivity contribution in [2.24, 2.45) is 0 Å². The van der Waals surface area contributed by atoms with Crippen LogP contribution >= 0.6 is 0 Å². The Labute approximate surface area is 184 Å². The van der Waals surface area contributed by atoms with Crippen LogP contribution < -0.4 is 4.90 Å². The van der Waals surface area contributed by atoms with Crippen LogP contribution in [0.15, 0.2) is 73.3 Å². The van der Waals surface area contributed by atoms with E-state index in [1.54, 1.807) is 6.20 Å². The van der Waals surface area contributed by atoms with Gasteiger partial charge in [-0.1, -0.05) is 30.3 Å². The number of hydrogen-bond donors (Lipinski definition) is 0. The van der Waals surface area contributed by atoms with Crippen LogP contribution in [-0.2, 0) is 4.74 Å². The van der Waals surface area contributed by atoms with Gasteiger partial charge in [-0.05, 0) is 12.1 Å². The van der Waals surface area contributed by atoms with E-state index < -0.39 is 0 Å². The van der Waals surface area contributed by atoms with Gasteiger partial charge in [0.25, 0.3) is 0 Å². The van der Waals surface area contributed by atoms with Crippen molar-refractivity contribution < 1.29 is 4.74 Å². The highest BCUT2D eigenvalue weighted by molar-refractivity contribution is 5.64. The molecule has 9 heteroatoms. The van der Waals surface area contributed by atoms with Gasteiger partial charge in [0.2, 0.25) is 0 Å². The van der Waals surface area contributed by atoms with Crippen LogP contribution in [0.4, 0.5) is 5.82 Å². The van der Waals surface area contributed by atoms with Gasteiger partial charge >= 0.3 is 0 Å². The molecule has 32 heavy (non-hydrogen) atoms. The van der Waals surface area contributed by atoms with Gasteiger partial charge in [-0.2, -0.15) is 14.7 Å². The Bertz CT molecular complexity index is 1360. The lowest BCUT2D eigenvalue weighted by atomic mass is 10.2. The second-order valence-corrected chi connectivity index (χ2v) is 7.48. The average molecular weight is 424 g/mol. The summed E-state index contributed by atoms with van der Waals surface area (Å²) in [5, 5.41) is 9.57. The monoisotopic (exact) mass is 424 g/mol. The first-order valence-corrected chi connectivity index (χ1v) is 10.5. The van der Waals surface area contributed by atoms with E-state index in [0.29, 0.717) is 13.2 Å². The standard InChI is InChI=1S/C23H20N8O/c1-2-4-17(5-3-1)18-7-9-30(27-18)21-15-23(29-10-12-32-13-11-29)31-22(26-21)14-20(28-31)19-6-8-24-16-25-19/h1-9,14-16H,10-13H2. The minimum Gasteiger partial charge on any atom is -0.378 e. The van der Waals surface area contributed by atoms with E-state index in [9.17, 15) is 0 Å². The lowest BCUT2D eigenvalue weighted by molar-refractivity contribution is 0.122. The summed E-state index contributed by atoms with van der Waals surface area (Å²) in [5.74, 6) is 1.68. The van der Waals surface area contributed by atoms with Gasteiger partial charge < -0.3 is 9.64 Å². The molecule has 1 aliphatic rings. The zero-order chi connectivity index (χ0) is 21.3. The summed E-state index contributed by atoms with van der Waals surface area (Å²) in [7, 11) is 0. The second-order valence-electron chi connectivity index (χ2n) is 7.48. The molecule has 0 amide bonds. The third-order valence-electron chi connectivity index (χ3n) is 5.47. The summed E-state index contributed by atoms with van der Waals surface area (Å²) in [6, 6.07) is 17.9. The number of aromatic nitrogens is 7. The molecule has 1 aliphatic heterocycles. The SMILES string of the molecule is c1ccc(-c2ccn(-c3cc(N4CCOCC4)n4nc(-c5ccncn5)cc4n3)n2)cc1. The Hall–Kier alpha value is -4.11. The maximum Gasteiger partial charge on any atom is 0.160 e. The molecule has 1 aromatic carbocycles. The number of benzene rings is 1. The molecule has 9 nitrogen and oxygen atoms in total. The third-order valence-corrected chi connectivity index (χ3v) is 5.47. The van der Waals surface area contributed by atoms with Crippen LogP contribution in [0, 0.1) is 0 Å². The lowest BCUT2D eigenvalue weighted by Crippen LogP contribution is -2.37. The maximum absolute atomic E-state index is 5.55. The first-order chi connectivity index (χ1) is 15.8. The zero-order valence-electron chi connectivity index (χ0n) is 17.2. The van der Waals surface area contributed by atoms with Gasteiger partial charge in [0, 0.05) is 43.2 Å². The van der Waals surface area contributed by atoms with Crippen LogP contribution in [0.2, 0.25) is 0 Å². The molecule has 0 N–H and O–H groups in total. The summed E-state index contributed by atoms with van der Waals surface area (Å²) in [6.45, 7) is 2.93. The van der Waals surface area contributed by atoms with E-state index in [1.807, 2.05) is 70.0 Å². The summed E-state index contributed by atoms with van der Waals surface area (Å²) in [4.78, 5) is 15.5. The minimum atomic E-state index is 0.680. The van der Waals surface area contributed by atoms with Crippen molar-refractivity contribution in [2.45, 2.75) is 0 Å². The number of morpholine rings is 1. The molecule has 5 heterocycles. The highest BCUT2D eigenvalue weighted by atomic mass is 16.5. The minimum absolute atomic E-state index is 0.680. The molecule has 1 fully saturated rings. The van der Waals surface area contributed by atoms with E-state index in [0.717, 1.165) is 53.0 Å². The van der Waals surface area contributed by atoms with Crippen molar-refractivity contribution in [1.29, 1.82) is 0 Å². The number of hydrogen-bond acceptors (Lipinski definition) is 7. The topological polar surface area (TPSA) is 86.3 Å². The van der Waals surface area contributed by atoms with E-state index in [2.05, 4.69) is 14.9 Å². The van der Waals surface area contributed by atoms with Crippen molar-refractivity contribution in [3.05, 3.63) is 73.3 Å². The molecular weight excluding hydrogens is 404 g/mol. The average Bonchev–Trinajstić information content (AvgIpc) is 3.53. The van der Waals surface area contributed by atoms with E-state index in [-0.39, 0.29) is 0 Å². The molecule has 0 radical (unpaired) electrons. The molecule has 0 bridgehead atoms. The third kappa shape index (κ3) is 3.38. The van der Waals surface area contributed by atoms with Gasteiger partial charge in [-0.3, -0.25) is 0 Å². The van der Waals surface area contributed by atoms with Crippen molar-refractivity contribution in [3.8, 4) is 28.5 Å². The molecule has 6 rings (SSSR count). The van der Waals surface area contributed by atoms with Gasteiger partial charge in [0.05, 0.1) is 24.6 Å². The molecule has 0 unspecified atom stereocenters. The fourth-order valence-corrected chi connectivity index (χ4v) is 3.86. The largest absolute Gasteiger partial charge is 0.378 e. The highest BCUT2D eigenvalue weighted by Crippen LogP contribution is 2.25. The summed E-state index contributed by atoms with van der Waals surface area (Å²) < 4.78 is 9.23. The van der Waals surface area contributed by atoms with Crippen molar-refractivity contribution in [2.75, 3.05) is 31.2 Å². The Morgan fingerprint density at radius 3 is 2.53 bits per heavy atom. The van der Waals surface area contributed by atoms with Gasteiger partial charge in [-0.25, -0.2) is 19.6 Å². The fourth-order valence-electron chi connectivity index (χ4n) is 3.86. The Balaban J connectivity index is 1.48. The Morgan fingerprint density at radius 2 is 1.72 bits per heavy atom. The Morgan fingerprint density at radius 1 is 0.844 bits per heavy atom. The van der Waals surface area contributed by atoms with Crippen LogP contribution in [-0.4, -0.2) is 60.6 Å². The first-order valence-electron chi connectivity index (χ1n) is 10.5. The van der Waals surface area contributed by atoms with Crippen molar-refractivity contribution >= 4 is 11.5 Å². The molecule has 0 spiro atoms. The molecule has 5 aromatic rings. The summed E-state index contributed by atoms with van der Waals surface area (Å²) in [6.07, 6.45) is 5.17. The molecule has 1 saturated heterocycles. The maximum atomic E-state index is 5.55. The second kappa shape index (κ2) is 7.86. The molecule has 0 atom stereocenters. The van der Waals surface area contributed by atoms with E-state index >= 15 is 0 Å². The van der Waals surface area contributed by atoms with E-state index in [4.69, 9.17) is 19.9 Å². The smallest absolute Gasteiger partial charge is 0.160 e. The van der Waals surface area contributed by atoms with Crippen molar-refractivity contribution in [3.63, 3.8) is 0 Å². The summed E-state index contributed by atoms with van der Waals surface area (Å²) in [5.41, 5.74) is 4.20. The number of anilines is 1. The van der Waals surface area contributed by atoms with Crippen LogP contribution in [0.3, 0.4) is 0 Å². The fraction of sp³-hybridized carbons (Fsp3) is 0.174. The normalized spacial score (nSPS) is 14.2. The van der Waals surface area contributed by atoms with Crippen molar-refractivity contribution in [1.82, 2.24) is 34.3 Å². The van der Waals surface area contributed by atoms with Crippen LogP contribution in [0.25, 0.3) is 34.1 Å². The highest BCUT2D eigenvalue weighted by Gasteiger charge is 2.19. The first kappa shape index (κ1) is 18.6. The Kier molecular flexibility index (Phi) is 4.58. The quantitative estimate of drug-likeness (QED) is 0.438. The van der Waals surface area contributed by atoms with Gasteiger partial charge in [-0.15, -0.1) is 0 Å². The van der Waals surface area contributed by atoms with E-state index in [1.165, 1.54) is 6.33 Å². The molecular formula is C23H20N8O. The lowest BCUT2D eigenvalue weighted by Gasteiger charge is -2.29. The van der Waals surface area contributed by atoms with Crippen LogP contribution in [0.1, 0.15) is 0 Å². The van der Waals surface area contributed by atoms with Gasteiger partial charge in [0.15, 0.2) is 11.5 Å². The predicted octanol–water partition coefficient (Wildman–Crippen LogP) is 2.88. The molecule has 0 saturated carbocycles. The molecule has 4 aromatic heterocycles. The summed E-state index contributed by atoms with van der Waals surface area (Å²) >= 11 is 0. The zero-order valence-corrected chi connectivity index (χ0v) is 17.2. The predicted molar refractivity (Wildman–Crippen MR) is 120 cm³/mol. The molecule has 0 aliphatic carbocycles. The number of rotatable bonds is 4. The number of nitrogens with zero attached hydrogens (tertiary/aromatic N) is 8. The molecule has 158 valence electrons. The van der Waals surface area contributed by atoms with Crippen LogP contribution in [0.5, 0.6) is 0 Å². The number of fused-ring (bicyclic) bond motifs is 1. The van der Waals surface area contributed by atoms with Gasteiger partial charge in [0.1, 0.15) is 17.8 Å². The number of ether oxygens (including phenoxy) is 1.